The summed E-state index contributed by atoms with van der Waals surface area (Å²) in [5.41, 5.74) is 6.85. The zero-order valence-electron chi connectivity index (χ0n) is 23.1. The molecule has 1 aliphatic carbocycles. The number of aromatic nitrogens is 1. The van der Waals surface area contributed by atoms with Crippen molar-refractivity contribution in [2.24, 2.45) is 5.92 Å². The number of allylic oxidation sites excluding steroid dienone is 6. The van der Waals surface area contributed by atoms with Crippen molar-refractivity contribution >= 4 is 28.6 Å². The molecule has 1 atom stereocenters. The minimum atomic E-state index is 0.433. The summed E-state index contributed by atoms with van der Waals surface area (Å²) in [5.74, 6) is 0.433. The van der Waals surface area contributed by atoms with Gasteiger partial charge in [0.2, 0.25) is 0 Å². The first kappa shape index (κ1) is 28.9. The van der Waals surface area contributed by atoms with Crippen LogP contribution < -0.4 is 0 Å². The van der Waals surface area contributed by atoms with Gasteiger partial charge in [0.15, 0.2) is 0 Å². The summed E-state index contributed by atoms with van der Waals surface area (Å²) in [5, 5.41) is 1.89. The Bertz CT molecular complexity index is 1150. The minimum absolute atomic E-state index is 0.433. The molecule has 198 valence electrons. The predicted molar refractivity (Wildman–Crippen MR) is 163 cm³/mol. The molecule has 1 aromatic carbocycles. The molecule has 1 unspecified atom stereocenters. The van der Waals surface area contributed by atoms with Crippen LogP contribution in [0.4, 0.5) is 0 Å². The highest BCUT2D eigenvalue weighted by Gasteiger charge is 2.24. The number of pyridine rings is 1. The van der Waals surface area contributed by atoms with E-state index in [0.29, 0.717) is 5.92 Å². The van der Waals surface area contributed by atoms with E-state index in [1.165, 1.54) is 56.7 Å². The van der Waals surface area contributed by atoms with Crippen LogP contribution in [0.5, 0.6) is 0 Å². The number of halogens is 1. The topological polar surface area (TPSA) is 19.4 Å². The summed E-state index contributed by atoms with van der Waals surface area (Å²) in [6.45, 7) is 21.2. The van der Waals surface area contributed by atoms with E-state index in [2.05, 4.69) is 61.7 Å². The Kier molecular flexibility index (Phi) is 11.2. The summed E-state index contributed by atoms with van der Waals surface area (Å²) < 4.78 is 0. The van der Waals surface area contributed by atoms with Crippen molar-refractivity contribution in [1.29, 1.82) is 0 Å². The van der Waals surface area contributed by atoms with Crippen molar-refractivity contribution in [3.8, 4) is 0 Å². The highest BCUT2D eigenvalue weighted by atomic mass is 35.5. The van der Waals surface area contributed by atoms with Crippen molar-refractivity contribution in [3.63, 3.8) is 0 Å². The van der Waals surface area contributed by atoms with Crippen LogP contribution in [-0.2, 0) is 12.8 Å². The van der Waals surface area contributed by atoms with E-state index >= 15 is 0 Å². The first-order valence-corrected chi connectivity index (χ1v) is 14.1. The van der Waals surface area contributed by atoms with Gasteiger partial charge < -0.3 is 9.80 Å². The number of piperazine rings is 1. The highest BCUT2D eigenvalue weighted by Crippen LogP contribution is 2.36. The van der Waals surface area contributed by atoms with Gasteiger partial charge in [0.1, 0.15) is 0 Å². The van der Waals surface area contributed by atoms with Gasteiger partial charge >= 0.3 is 0 Å². The lowest BCUT2D eigenvalue weighted by Crippen LogP contribution is -2.43. The van der Waals surface area contributed by atoms with Crippen LogP contribution in [0.25, 0.3) is 17.0 Å². The molecule has 1 saturated heterocycles. The molecule has 0 spiro atoms. The van der Waals surface area contributed by atoms with Gasteiger partial charge in [-0.25, -0.2) is 0 Å². The quantitative estimate of drug-likeness (QED) is 0.328. The molecule has 0 radical (unpaired) electrons. The largest absolute Gasteiger partial charge is 0.373 e. The Hall–Kier alpha value is -2.62. The summed E-state index contributed by atoms with van der Waals surface area (Å²) in [7, 11) is 2.19. The second-order valence-electron chi connectivity index (χ2n) is 10.2. The smallest absolute Gasteiger partial charge is 0.0726 e. The Labute approximate surface area is 229 Å². The number of hydrogen-bond acceptors (Lipinski definition) is 3. The Morgan fingerprint density at radius 2 is 1.92 bits per heavy atom. The van der Waals surface area contributed by atoms with Crippen LogP contribution in [0.15, 0.2) is 73.5 Å². The fourth-order valence-corrected chi connectivity index (χ4v) is 5.30. The predicted octanol–water partition coefficient (Wildman–Crippen LogP) is 8.26. The van der Waals surface area contributed by atoms with Crippen molar-refractivity contribution in [2.45, 2.75) is 52.4 Å². The van der Waals surface area contributed by atoms with Crippen LogP contribution in [-0.4, -0.2) is 48.0 Å². The van der Waals surface area contributed by atoms with Gasteiger partial charge in [-0.05, 0) is 69.2 Å². The van der Waals surface area contributed by atoms with Crippen LogP contribution in [0.1, 0.15) is 56.4 Å². The molecule has 4 rings (SSSR count). The molecule has 1 aromatic heterocycles. The zero-order valence-corrected chi connectivity index (χ0v) is 23.9. The second kappa shape index (κ2) is 14.4. The van der Waals surface area contributed by atoms with Crippen LogP contribution in [0.2, 0.25) is 5.02 Å². The zero-order chi connectivity index (χ0) is 26.8. The van der Waals surface area contributed by atoms with Gasteiger partial charge in [0, 0.05) is 43.0 Å². The maximum absolute atomic E-state index is 6.67. The number of unbranched alkanes of at least 4 members (excludes halogenated alkanes) is 1. The second-order valence-corrected chi connectivity index (χ2v) is 10.6. The van der Waals surface area contributed by atoms with Gasteiger partial charge in [-0.15, -0.1) is 0 Å². The molecule has 37 heavy (non-hydrogen) atoms. The van der Waals surface area contributed by atoms with Crippen molar-refractivity contribution < 1.29 is 0 Å². The van der Waals surface area contributed by atoms with Crippen molar-refractivity contribution in [1.82, 2.24) is 14.8 Å². The average Bonchev–Trinajstić information content (AvgIpc) is 2.92. The van der Waals surface area contributed by atoms with Crippen molar-refractivity contribution in [2.75, 3.05) is 33.2 Å². The maximum atomic E-state index is 6.67. The standard InChI is InChI=1S/C22H22ClN.C11H22N2/c1-4-6-7-8-15(3)17-10-12-19-21(14-17)24-20-13-16(5-2)9-11-18(20)22(19)23;1-4-5-6-11(2)13-9-7-12(3)8-10-13/h4-9,11,13,17H,2-3,10,12,14H2,1H3;2,4-10H2,1,3H3/b6-4-,8-7-;. The SMILES string of the molecule is C=C(CCCC)N1CCN(C)CC1.C=Cc1ccc2c(Cl)c3c(nc2c1)CC(C(=C)/C=C\C=C/C)CC3. The van der Waals surface area contributed by atoms with E-state index in [1.807, 2.05) is 37.3 Å². The number of nitrogens with zero attached hydrogens (tertiary/aromatic N) is 3. The number of rotatable bonds is 8. The third kappa shape index (κ3) is 7.93. The van der Waals surface area contributed by atoms with Crippen LogP contribution in [0, 0.1) is 5.92 Å². The molecule has 2 heterocycles. The molecule has 4 heteroatoms. The Balaban J connectivity index is 0.000000248. The van der Waals surface area contributed by atoms with Gasteiger partial charge in [0.25, 0.3) is 0 Å². The van der Waals surface area contributed by atoms with Gasteiger partial charge in [0.05, 0.1) is 10.5 Å². The fraction of sp³-hybridized carbons (Fsp3) is 0.424. The molecule has 2 aliphatic rings. The lowest BCUT2D eigenvalue weighted by atomic mass is 9.82. The van der Waals surface area contributed by atoms with Gasteiger partial charge in [-0.1, -0.05) is 92.8 Å². The number of hydrogen-bond donors (Lipinski definition) is 0. The molecular formula is C33H44ClN3. The van der Waals surface area contributed by atoms with E-state index < -0.39 is 0 Å². The van der Waals surface area contributed by atoms with E-state index in [-0.39, 0.29) is 0 Å². The van der Waals surface area contributed by atoms with Gasteiger partial charge in [-0.3, -0.25) is 4.98 Å². The average molecular weight is 518 g/mol. The van der Waals surface area contributed by atoms with Gasteiger partial charge in [-0.2, -0.15) is 0 Å². The molecule has 0 N–H and O–H groups in total. The van der Waals surface area contributed by atoms with Crippen LogP contribution >= 0.6 is 11.6 Å². The molecule has 1 aliphatic heterocycles. The number of likely N-dealkylation sites (N-methyl/N-ethyl adjacent to an activating group) is 1. The molecule has 0 saturated carbocycles. The van der Waals surface area contributed by atoms with E-state index in [1.54, 1.807) is 0 Å². The Morgan fingerprint density at radius 1 is 1.16 bits per heavy atom. The summed E-state index contributed by atoms with van der Waals surface area (Å²) in [6, 6.07) is 6.14. The number of benzene rings is 1. The lowest BCUT2D eigenvalue weighted by Gasteiger charge is -2.35. The first-order chi connectivity index (χ1) is 17.9. The summed E-state index contributed by atoms with van der Waals surface area (Å²) in [4.78, 5) is 9.72. The third-order valence-electron chi connectivity index (χ3n) is 7.45. The molecule has 1 fully saturated rings. The fourth-order valence-electron chi connectivity index (χ4n) is 4.94. The number of fused-ring (bicyclic) bond motifs is 2. The van der Waals surface area contributed by atoms with E-state index in [4.69, 9.17) is 16.6 Å². The van der Waals surface area contributed by atoms with Crippen LogP contribution in [0.3, 0.4) is 0 Å². The summed E-state index contributed by atoms with van der Waals surface area (Å²) >= 11 is 6.67. The molecule has 0 amide bonds. The normalized spacial score (nSPS) is 18.1. The van der Waals surface area contributed by atoms with E-state index in [0.717, 1.165) is 52.0 Å². The third-order valence-corrected chi connectivity index (χ3v) is 7.88. The maximum Gasteiger partial charge on any atom is 0.0726 e. The van der Waals surface area contributed by atoms with E-state index in [9.17, 15) is 0 Å². The first-order valence-electron chi connectivity index (χ1n) is 13.7. The molecule has 2 aromatic rings. The minimum Gasteiger partial charge on any atom is -0.373 e. The monoisotopic (exact) mass is 517 g/mol. The Morgan fingerprint density at radius 3 is 2.59 bits per heavy atom. The summed E-state index contributed by atoms with van der Waals surface area (Å²) in [6.07, 6.45) is 16.7. The lowest BCUT2D eigenvalue weighted by molar-refractivity contribution is 0.182. The highest BCUT2D eigenvalue weighted by molar-refractivity contribution is 6.36. The molecule has 3 nitrogen and oxygen atoms in total. The van der Waals surface area contributed by atoms with Crippen molar-refractivity contribution in [3.05, 3.63) is 95.4 Å². The molecule has 0 bridgehead atoms. The molecular weight excluding hydrogens is 474 g/mol.